The number of carbonyl (C=O) groups excluding carboxylic acids is 1. The summed E-state index contributed by atoms with van der Waals surface area (Å²) >= 11 is 0. The highest BCUT2D eigenvalue weighted by Crippen LogP contribution is 2.25. The van der Waals surface area contributed by atoms with Crippen molar-refractivity contribution in [2.45, 2.75) is 39.5 Å². The standard InChI is InChI=1S/C19H25NO3/c1-13-8-17-16(12-23-18(17)9-14(13)2)10-19(21)20-6-3-4-15-5-7-22-11-15/h8-9,12,15H,3-7,10-11H2,1-2H3,(H,20,21). The van der Waals surface area contributed by atoms with Crippen LogP contribution in [0.1, 0.15) is 36.0 Å². The minimum atomic E-state index is 0.0635. The van der Waals surface area contributed by atoms with E-state index in [2.05, 4.69) is 25.2 Å². The minimum Gasteiger partial charge on any atom is -0.464 e. The molecule has 1 aliphatic heterocycles. The molecule has 23 heavy (non-hydrogen) atoms. The summed E-state index contributed by atoms with van der Waals surface area (Å²) in [4.78, 5) is 12.1. The van der Waals surface area contributed by atoms with Crippen molar-refractivity contribution in [1.29, 1.82) is 0 Å². The number of hydrogen-bond acceptors (Lipinski definition) is 3. The Labute approximate surface area is 137 Å². The fraction of sp³-hybridized carbons (Fsp3) is 0.526. The third-order valence-corrected chi connectivity index (χ3v) is 4.76. The Morgan fingerprint density at radius 2 is 2.13 bits per heavy atom. The zero-order valence-electron chi connectivity index (χ0n) is 14.0. The van der Waals surface area contributed by atoms with E-state index in [1.165, 1.54) is 11.1 Å². The van der Waals surface area contributed by atoms with E-state index in [0.29, 0.717) is 12.3 Å². The largest absolute Gasteiger partial charge is 0.464 e. The molecule has 1 aliphatic rings. The fourth-order valence-corrected chi connectivity index (χ4v) is 3.14. The van der Waals surface area contributed by atoms with Gasteiger partial charge in [0.25, 0.3) is 0 Å². The van der Waals surface area contributed by atoms with Gasteiger partial charge in [-0.3, -0.25) is 4.79 Å². The van der Waals surface area contributed by atoms with E-state index in [4.69, 9.17) is 9.15 Å². The van der Waals surface area contributed by atoms with Crippen LogP contribution >= 0.6 is 0 Å². The normalized spacial score (nSPS) is 17.7. The van der Waals surface area contributed by atoms with Crippen LogP contribution in [0.2, 0.25) is 0 Å². The first-order valence-corrected chi connectivity index (χ1v) is 8.45. The van der Waals surface area contributed by atoms with Crippen molar-refractivity contribution in [1.82, 2.24) is 5.32 Å². The second-order valence-electron chi connectivity index (χ2n) is 6.59. The van der Waals surface area contributed by atoms with Gasteiger partial charge in [-0.05, 0) is 62.3 Å². The lowest BCUT2D eigenvalue weighted by Crippen LogP contribution is -2.26. The first kappa shape index (κ1) is 16.1. The molecule has 1 N–H and O–H groups in total. The first-order chi connectivity index (χ1) is 11.1. The second kappa shape index (κ2) is 7.18. The maximum absolute atomic E-state index is 12.1. The number of hydrogen-bond donors (Lipinski definition) is 1. The third kappa shape index (κ3) is 3.94. The molecule has 1 amide bonds. The summed E-state index contributed by atoms with van der Waals surface area (Å²) in [7, 11) is 0. The monoisotopic (exact) mass is 315 g/mol. The molecule has 3 rings (SSSR count). The topological polar surface area (TPSA) is 51.5 Å². The molecule has 2 heterocycles. The van der Waals surface area contributed by atoms with Crippen molar-refractivity contribution in [3.8, 4) is 0 Å². The molecule has 0 bridgehead atoms. The summed E-state index contributed by atoms with van der Waals surface area (Å²) in [6, 6.07) is 4.15. The summed E-state index contributed by atoms with van der Waals surface area (Å²) < 4.78 is 11.0. The van der Waals surface area contributed by atoms with E-state index in [1.807, 2.05) is 6.07 Å². The predicted molar refractivity (Wildman–Crippen MR) is 90.6 cm³/mol. The highest BCUT2D eigenvalue weighted by Gasteiger charge is 2.15. The van der Waals surface area contributed by atoms with Crippen molar-refractivity contribution >= 4 is 16.9 Å². The first-order valence-electron chi connectivity index (χ1n) is 8.45. The number of amides is 1. The molecule has 1 fully saturated rings. The van der Waals surface area contributed by atoms with Gasteiger partial charge in [0, 0.05) is 30.7 Å². The average Bonchev–Trinajstić information content (AvgIpc) is 3.16. The Bertz CT molecular complexity index is 683. The van der Waals surface area contributed by atoms with Crippen LogP contribution < -0.4 is 5.32 Å². The van der Waals surface area contributed by atoms with E-state index in [9.17, 15) is 4.79 Å². The molecule has 124 valence electrons. The fourth-order valence-electron chi connectivity index (χ4n) is 3.14. The maximum atomic E-state index is 12.1. The van der Waals surface area contributed by atoms with Crippen LogP contribution in [0.5, 0.6) is 0 Å². The van der Waals surface area contributed by atoms with Gasteiger partial charge >= 0.3 is 0 Å². The molecule has 0 radical (unpaired) electrons. The van der Waals surface area contributed by atoms with Gasteiger partial charge in [-0.15, -0.1) is 0 Å². The van der Waals surface area contributed by atoms with Gasteiger partial charge in [-0.2, -0.15) is 0 Å². The Balaban J connectivity index is 1.50. The van der Waals surface area contributed by atoms with Crippen LogP contribution in [0.25, 0.3) is 11.0 Å². The van der Waals surface area contributed by atoms with Crippen LogP contribution in [-0.2, 0) is 16.0 Å². The van der Waals surface area contributed by atoms with Gasteiger partial charge in [0.15, 0.2) is 0 Å². The van der Waals surface area contributed by atoms with E-state index < -0.39 is 0 Å². The van der Waals surface area contributed by atoms with Crippen LogP contribution in [-0.4, -0.2) is 25.7 Å². The SMILES string of the molecule is Cc1cc2occ(CC(=O)NCCCC3CCOC3)c2cc1C. The van der Waals surface area contributed by atoms with Crippen molar-refractivity contribution in [3.05, 3.63) is 35.1 Å². The lowest BCUT2D eigenvalue weighted by Gasteiger charge is -2.08. The summed E-state index contributed by atoms with van der Waals surface area (Å²) in [5.41, 5.74) is 4.25. The molecule has 1 atom stereocenters. The number of aryl methyl sites for hydroxylation is 2. The Kier molecular flexibility index (Phi) is 5.01. The van der Waals surface area contributed by atoms with Crippen molar-refractivity contribution in [2.75, 3.05) is 19.8 Å². The zero-order chi connectivity index (χ0) is 16.2. The summed E-state index contributed by atoms with van der Waals surface area (Å²) in [5, 5.41) is 4.06. The van der Waals surface area contributed by atoms with Gasteiger partial charge in [0.05, 0.1) is 12.7 Å². The molecular formula is C19H25NO3. The van der Waals surface area contributed by atoms with Gasteiger partial charge in [-0.1, -0.05) is 0 Å². The Morgan fingerprint density at radius 1 is 1.30 bits per heavy atom. The highest BCUT2D eigenvalue weighted by molar-refractivity contribution is 5.88. The quantitative estimate of drug-likeness (QED) is 0.830. The molecule has 1 aromatic heterocycles. The number of nitrogens with one attached hydrogen (secondary N) is 1. The molecule has 0 aliphatic carbocycles. The van der Waals surface area contributed by atoms with Crippen LogP contribution in [0.15, 0.2) is 22.8 Å². The number of furan rings is 1. The molecule has 4 heteroatoms. The Morgan fingerprint density at radius 3 is 2.91 bits per heavy atom. The van der Waals surface area contributed by atoms with Gasteiger partial charge in [0.1, 0.15) is 5.58 Å². The van der Waals surface area contributed by atoms with Gasteiger partial charge in [0.2, 0.25) is 5.91 Å². The van der Waals surface area contributed by atoms with Crippen molar-refractivity contribution in [3.63, 3.8) is 0 Å². The van der Waals surface area contributed by atoms with Crippen molar-refractivity contribution < 1.29 is 13.9 Å². The van der Waals surface area contributed by atoms with Crippen LogP contribution in [0.3, 0.4) is 0 Å². The number of ether oxygens (including phenoxy) is 1. The van der Waals surface area contributed by atoms with Gasteiger partial charge in [-0.25, -0.2) is 0 Å². The van der Waals surface area contributed by atoms with Gasteiger partial charge < -0.3 is 14.5 Å². The zero-order valence-corrected chi connectivity index (χ0v) is 14.0. The smallest absolute Gasteiger partial charge is 0.224 e. The lowest BCUT2D eigenvalue weighted by molar-refractivity contribution is -0.120. The number of carbonyl (C=O) groups is 1. The molecule has 1 aromatic carbocycles. The minimum absolute atomic E-state index is 0.0635. The molecule has 0 saturated carbocycles. The third-order valence-electron chi connectivity index (χ3n) is 4.76. The molecule has 0 spiro atoms. The molecule has 1 saturated heterocycles. The Hall–Kier alpha value is -1.81. The summed E-state index contributed by atoms with van der Waals surface area (Å²) in [5.74, 6) is 0.740. The lowest BCUT2D eigenvalue weighted by atomic mass is 10.0. The second-order valence-corrected chi connectivity index (χ2v) is 6.59. The van der Waals surface area contributed by atoms with Crippen LogP contribution in [0.4, 0.5) is 0 Å². The number of rotatable bonds is 6. The molecular weight excluding hydrogens is 290 g/mol. The van der Waals surface area contributed by atoms with E-state index in [0.717, 1.165) is 55.6 Å². The maximum Gasteiger partial charge on any atom is 0.224 e. The summed E-state index contributed by atoms with van der Waals surface area (Å²) in [6.07, 6.45) is 5.40. The average molecular weight is 315 g/mol. The van der Waals surface area contributed by atoms with Crippen LogP contribution in [0, 0.1) is 19.8 Å². The van der Waals surface area contributed by atoms with E-state index >= 15 is 0 Å². The number of benzene rings is 1. The summed E-state index contributed by atoms with van der Waals surface area (Å²) in [6.45, 7) is 6.66. The molecule has 2 aromatic rings. The van der Waals surface area contributed by atoms with Crippen molar-refractivity contribution in [2.24, 2.45) is 5.92 Å². The number of fused-ring (bicyclic) bond motifs is 1. The van der Waals surface area contributed by atoms with E-state index in [-0.39, 0.29) is 5.91 Å². The molecule has 1 unspecified atom stereocenters. The predicted octanol–water partition coefficient (Wildman–Crippen LogP) is 3.53. The van der Waals surface area contributed by atoms with E-state index in [1.54, 1.807) is 6.26 Å². The highest BCUT2D eigenvalue weighted by atomic mass is 16.5. The molecule has 4 nitrogen and oxygen atoms in total.